The Labute approximate surface area is 85.1 Å². The number of halogens is 1. The first-order valence-electron chi connectivity index (χ1n) is 4.19. The van der Waals surface area contributed by atoms with E-state index in [9.17, 15) is 4.79 Å². The van der Waals surface area contributed by atoms with Crippen LogP contribution in [0.4, 0.5) is 0 Å². The number of hydrogen-bond donors (Lipinski definition) is 0. The Morgan fingerprint density at radius 2 is 2.31 bits per heavy atom. The molecule has 68 valence electrons. The predicted molar refractivity (Wildman–Crippen MR) is 52.4 cm³/mol. The van der Waals surface area contributed by atoms with Gasteiger partial charge in [0.2, 0.25) is 0 Å². The first-order chi connectivity index (χ1) is 6.29. The second-order valence-corrected chi connectivity index (χ2v) is 3.83. The van der Waals surface area contributed by atoms with E-state index in [1.165, 1.54) is 0 Å². The van der Waals surface area contributed by atoms with Crippen LogP contribution in [0.3, 0.4) is 0 Å². The van der Waals surface area contributed by atoms with E-state index in [1.54, 1.807) is 22.3 Å². The summed E-state index contributed by atoms with van der Waals surface area (Å²) in [5.74, 6) is -0.0527. The van der Waals surface area contributed by atoms with E-state index in [2.05, 4.69) is 21.1 Å². The Hall–Kier alpha value is -0.900. The molecule has 1 aliphatic rings. The van der Waals surface area contributed by atoms with Crippen LogP contribution in [0.25, 0.3) is 0 Å². The Kier molecular flexibility index (Phi) is 2.31. The van der Waals surface area contributed by atoms with Gasteiger partial charge in [-0.25, -0.2) is 0 Å². The van der Waals surface area contributed by atoms with Crippen molar-refractivity contribution in [3.05, 3.63) is 30.1 Å². The molecule has 0 atom stereocenters. The molecule has 0 aromatic carbocycles. The molecule has 0 saturated heterocycles. The van der Waals surface area contributed by atoms with Crippen molar-refractivity contribution in [2.24, 2.45) is 0 Å². The van der Waals surface area contributed by atoms with Crippen molar-refractivity contribution < 1.29 is 4.79 Å². The van der Waals surface area contributed by atoms with Gasteiger partial charge in [0.1, 0.15) is 5.69 Å². The topological polar surface area (TPSA) is 33.2 Å². The van der Waals surface area contributed by atoms with E-state index < -0.39 is 0 Å². The van der Waals surface area contributed by atoms with E-state index in [0.717, 1.165) is 12.8 Å². The molecular formula is C9H9BrN2O. The Morgan fingerprint density at radius 1 is 1.54 bits per heavy atom. The average Bonchev–Trinajstić information content (AvgIpc) is 3.00. The third-order valence-corrected chi connectivity index (χ3v) is 2.85. The lowest BCUT2D eigenvalue weighted by molar-refractivity contribution is 0.0868. The molecule has 1 amide bonds. The molecule has 0 spiro atoms. The molecule has 0 unspecified atom stereocenters. The fourth-order valence-corrected chi connectivity index (χ4v) is 1.66. The van der Waals surface area contributed by atoms with Crippen molar-refractivity contribution in [2.45, 2.75) is 18.9 Å². The minimum absolute atomic E-state index is 0.0527. The Balaban J connectivity index is 2.12. The molecule has 1 aromatic rings. The van der Waals surface area contributed by atoms with Crippen LogP contribution in [0.1, 0.15) is 23.3 Å². The molecule has 2 rings (SSSR count). The van der Waals surface area contributed by atoms with Gasteiger partial charge in [-0.3, -0.25) is 13.7 Å². The Bertz CT molecular complexity index is 311. The highest BCUT2D eigenvalue weighted by Gasteiger charge is 2.32. The summed E-state index contributed by atoms with van der Waals surface area (Å²) >= 11 is 3.25. The second kappa shape index (κ2) is 3.46. The lowest BCUT2D eigenvalue weighted by Crippen LogP contribution is -2.23. The molecule has 1 saturated carbocycles. The van der Waals surface area contributed by atoms with E-state index in [0.29, 0.717) is 11.7 Å². The van der Waals surface area contributed by atoms with E-state index in [-0.39, 0.29) is 5.91 Å². The van der Waals surface area contributed by atoms with Crippen LogP contribution in [0, 0.1) is 0 Å². The number of amides is 1. The lowest BCUT2D eigenvalue weighted by atomic mass is 10.3. The molecule has 3 nitrogen and oxygen atoms in total. The van der Waals surface area contributed by atoms with Crippen molar-refractivity contribution in [1.29, 1.82) is 0 Å². The zero-order chi connectivity index (χ0) is 9.26. The number of carbonyl (C=O) groups is 1. The van der Waals surface area contributed by atoms with Crippen molar-refractivity contribution in [3.8, 4) is 0 Å². The summed E-state index contributed by atoms with van der Waals surface area (Å²) in [6.45, 7) is 0. The van der Waals surface area contributed by atoms with E-state index in [1.807, 2.05) is 6.07 Å². The first-order valence-corrected chi connectivity index (χ1v) is 4.90. The third-order valence-electron chi connectivity index (χ3n) is 1.95. The van der Waals surface area contributed by atoms with Crippen LogP contribution in [-0.4, -0.2) is 20.9 Å². The number of rotatable bonds is 2. The predicted octanol–water partition coefficient (Wildman–Crippen LogP) is 2.00. The highest BCUT2D eigenvalue weighted by atomic mass is 79.9. The maximum absolute atomic E-state index is 11.6. The van der Waals surface area contributed by atoms with Gasteiger partial charge in [0.25, 0.3) is 5.91 Å². The molecule has 1 fully saturated rings. The fourth-order valence-electron chi connectivity index (χ4n) is 1.07. The number of hydrogen-bond acceptors (Lipinski definition) is 2. The summed E-state index contributed by atoms with van der Waals surface area (Å²) in [6, 6.07) is 5.70. The average molecular weight is 241 g/mol. The number of pyridine rings is 1. The monoisotopic (exact) mass is 240 g/mol. The van der Waals surface area contributed by atoms with Gasteiger partial charge >= 0.3 is 0 Å². The molecule has 1 heterocycles. The van der Waals surface area contributed by atoms with Crippen LogP contribution >= 0.6 is 16.1 Å². The maximum atomic E-state index is 11.6. The SMILES string of the molecule is O=C(c1ccccn1)N(Br)C1CC1. The summed E-state index contributed by atoms with van der Waals surface area (Å²) < 4.78 is 1.59. The van der Waals surface area contributed by atoms with Gasteiger partial charge in [0, 0.05) is 12.2 Å². The molecule has 4 heteroatoms. The summed E-state index contributed by atoms with van der Waals surface area (Å²) in [7, 11) is 0. The zero-order valence-corrected chi connectivity index (χ0v) is 8.57. The Morgan fingerprint density at radius 3 is 2.85 bits per heavy atom. The smallest absolute Gasteiger partial charge is 0.270 e. The van der Waals surface area contributed by atoms with Crippen molar-refractivity contribution in [1.82, 2.24) is 8.91 Å². The van der Waals surface area contributed by atoms with Gasteiger partial charge in [0.15, 0.2) is 0 Å². The molecular weight excluding hydrogens is 232 g/mol. The summed E-state index contributed by atoms with van der Waals surface area (Å²) in [5, 5.41) is 0. The van der Waals surface area contributed by atoms with Gasteiger partial charge in [0.05, 0.1) is 16.1 Å². The fraction of sp³-hybridized carbons (Fsp3) is 0.333. The van der Waals surface area contributed by atoms with Gasteiger partial charge in [-0.2, -0.15) is 0 Å². The molecule has 1 aromatic heterocycles. The largest absolute Gasteiger partial charge is 0.282 e. The summed E-state index contributed by atoms with van der Waals surface area (Å²) in [5.41, 5.74) is 0.492. The number of aromatic nitrogens is 1. The summed E-state index contributed by atoms with van der Waals surface area (Å²) in [6.07, 6.45) is 3.80. The van der Waals surface area contributed by atoms with Gasteiger partial charge in [-0.15, -0.1) is 0 Å². The highest BCUT2D eigenvalue weighted by Crippen LogP contribution is 2.30. The molecule has 0 bridgehead atoms. The van der Waals surface area contributed by atoms with Gasteiger partial charge in [-0.1, -0.05) is 6.07 Å². The van der Waals surface area contributed by atoms with Crippen LogP contribution in [0.5, 0.6) is 0 Å². The molecule has 0 aliphatic heterocycles. The lowest BCUT2D eigenvalue weighted by Gasteiger charge is -2.11. The number of carbonyl (C=O) groups excluding carboxylic acids is 1. The maximum Gasteiger partial charge on any atom is 0.282 e. The number of nitrogens with zero attached hydrogens (tertiary/aromatic N) is 2. The van der Waals surface area contributed by atoms with Crippen molar-refractivity contribution >= 4 is 22.1 Å². The van der Waals surface area contributed by atoms with Crippen LogP contribution in [-0.2, 0) is 0 Å². The van der Waals surface area contributed by atoms with Crippen molar-refractivity contribution in [2.75, 3.05) is 0 Å². The van der Waals surface area contributed by atoms with Crippen LogP contribution in [0.2, 0.25) is 0 Å². The standard InChI is InChI=1S/C9H9BrN2O/c10-12(7-4-5-7)9(13)8-3-1-2-6-11-8/h1-3,6-7H,4-5H2. The van der Waals surface area contributed by atoms with Gasteiger partial charge in [-0.05, 0) is 25.0 Å². The third kappa shape index (κ3) is 1.88. The first kappa shape index (κ1) is 8.69. The minimum atomic E-state index is -0.0527. The second-order valence-electron chi connectivity index (χ2n) is 3.06. The van der Waals surface area contributed by atoms with Crippen LogP contribution < -0.4 is 0 Å². The van der Waals surface area contributed by atoms with E-state index in [4.69, 9.17) is 0 Å². The summed E-state index contributed by atoms with van der Waals surface area (Å²) in [4.78, 5) is 15.6. The quantitative estimate of drug-likeness (QED) is 0.742. The normalized spacial score (nSPS) is 15.5. The zero-order valence-electron chi connectivity index (χ0n) is 6.98. The van der Waals surface area contributed by atoms with Gasteiger partial charge < -0.3 is 0 Å². The highest BCUT2D eigenvalue weighted by molar-refractivity contribution is 9.07. The minimum Gasteiger partial charge on any atom is -0.270 e. The van der Waals surface area contributed by atoms with Crippen molar-refractivity contribution in [3.63, 3.8) is 0 Å². The van der Waals surface area contributed by atoms with E-state index >= 15 is 0 Å². The molecule has 0 N–H and O–H groups in total. The molecule has 13 heavy (non-hydrogen) atoms. The molecule has 0 radical (unpaired) electrons. The van der Waals surface area contributed by atoms with Crippen LogP contribution in [0.15, 0.2) is 24.4 Å². The molecule has 1 aliphatic carbocycles.